The lowest BCUT2D eigenvalue weighted by Crippen LogP contribution is -2.49. The van der Waals surface area contributed by atoms with E-state index in [1.54, 1.807) is 6.07 Å². The smallest absolute Gasteiger partial charge is 0.248 e. The Kier molecular flexibility index (Phi) is 6.51. The summed E-state index contributed by atoms with van der Waals surface area (Å²) in [6.07, 6.45) is 3.26. The van der Waals surface area contributed by atoms with Gasteiger partial charge >= 0.3 is 0 Å². The molecule has 0 aliphatic carbocycles. The topological polar surface area (TPSA) is 89.0 Å². The Hall–Kier alpha value is -2.98. The van der Waals surface area contributed by atoms with Crippen LogP contribution in [0.5, 0.6) is 0 Å². The van der Waals surface area contributed by atoms with Gasteiger partial charge in [-0.15, -0.1) is 0 Å². The van der Waals surface area contributed by atoms with Crippen LogP contribution >= 0.6 is 23.2 Å². The first-order valence-electron chi connectivity index (χ1n) is 10.8. The molecule has 1 fully saturated rings. The molecule has 0 bridgehead atoms. The Morgan fingerprint density at radius 2 is 1.97 bits per heavy atom. The van der Waals surface area contributed by atoms with Crippen LogP contribution < -0.4 is 0 Å². The van der Waals surface area contributed by atoms with E-state index in [1.807, 2.05) is 39.8 Å². The number of pyridine rings is 1. The first-order chi connectivity index (χ1) is 16.5. The number of nitrogens with zero attached hydrogens (tertiary/aromatic N) is 6. The molecule has 9 nitrogen and oxygen atoms in total. The van der Waals surface area contributed by atoms with Gasteiger partial charge in [0.2, 0.25) is 18.1 Å². The molecule has 4 aromatic rings. The largest absolute Gasteiger partial charge is 0.375 e. The molecule has 3 aromatic heterocycles. The van der Waals surface area contributed by atoms with E-state index in [0.29, 0.717) is 35.5 Å². The summed E-state index contributed by atoms with van der Waals surface area (Å²) < 4.78 is 11.9. The number of piperazine rings is 1. The molecule has 0 unspecified atom stereocenters. The number of hydrogen-bond acceptors (Lipinski definition) is 7. The molecule has 1 aliphatic heterocycles. The molecule has 0 spiro atoms. The zero-order valence-electron chi connectivity index (χ0n) is 18.4. The first-order valence-corrected chi connectivity index (χ1v) is 11.5. The Morgan fingerprint density at radius 1 is 1.15 bits per heavy atom. The van der Waals surface area contributed by atoms with Crippen molar-refractivity contribution in [3.8, 4) is 22.6 Å². The molecule has 1 aromatic carbocycles. The second kappa shape index (κ2) is 9.71. The maximum absolute atomic E-state index is 12.2. The Morgan fingerprint density at radius 3 is 2.68 bits per heavy atom. The van der Waals surface area contributed by atoms with Crippen LogP contribution in [0.25, 0.3) is 28.3 Å². The van der Waals surface area contributed by atoms with E-state index in [1.165, 1.54) is 13.5 Å². The molecule has 0 saturated carbocycles. The van der Waals surface area contributed by atoms with E-state index >= 15 is 0 Å². The van der Waals surface area contributed by atoms with E-state index in [-0.39, 0.29) is 12.5 Å². The first kappa shape index (κ1) is 22.8. The monoisotopic (exact) mass is 500 g/mol. The molecule has 1 amide bonds. The third-order valence-corrected chi connectivity index (χ3v) is 6.44. The van der Waals surface area contributed by atoms with Crippen molar-refractivity contribution in [2.24, 2.45) is 0 Å². The van der Waals surface area contributed by atoms with Gasteiger partial charge in [0.1, 0.15) is 12.3 Å². The zero-order chi connectivity index (χ0) is 23.7. The average Bonchev–Trinajstić information content (AvgIpc) is 3.48. The predicted molar refractivity (Wildman–Crippen MR) is 128 cm³/mol. The Bertz CT molecular complexity index is 1320. The lowest BCUT2D eigenvalue weighted by atomic mass is 10.1. The highest BCUT2D eigenvalue weighted by Crippen LogP contribution is 2.34. The number of rotatable bonds is 6. The second-order valence-electron chi connectivity index (χ2n) is 8.02. The maximum Gasteiger partial charge on any atom is 0.248 e. The van der Waals surface area contributed by atoms with Crippen molar-refractivity contribution < 1.29 is 14.1 Å². The van der Waals surface area contributed by atoms with Crippen LogP contribution in [0.1, 0.15) is 5.69 Å². The summed E-state index contributed by atoms with van der Waals surface area (Å²) in [5, 5.41) is 5.05. The number of hydrogen-bond donors (Lipinski definition) is 0. The minimum Gasteiger partial charge on any atom is -0.375 e. The highest BCUT2D eigenvalue weighted by molar-refractivity contribution is 6.36. The van der Waals surface area contributed by atoms with Gasteiger partial charge < -0.3 is 18.6 Å². The minimum absolute atomic E-state index is 0.00958. The summed E-state index contributed by atoms with van der Waals surface area (Å²) in [5.41, 5.74) is 4.15. The Labute approximate surface area is 205 Å². The van der Waals surface area contributed by atoms with Gasteiger partial charge in [0, 0.05) is 62.2 Å². The van der Waals surface area contributed by atoms with Crippen molar-refractivity contribution in [3.63, 3.8) is 0 Å². The summed E-state index contributed by atoms with van der Waals surface area (Å²) in [6.45, 7) is 3.49. The lowest BCUT2D eigenvalue weighted by molar-refractivity contribution is -0.136. The SMILES string of the molecule is COCC(=O)N1CCN(Cc2c(-c3ccc(Cl)cc3Cl)nc3ccc(-c4ncon4)cn23)CC1. The molecular formula is C23H22Cl2N6O3. The van der Waals surface area contributed by atoms with Crippen molar-refractivity contribution in [3.05, 3.63) is 58.7 Å². The third-order valence-electron chi connectivity index (χ3n) is 5.89. The highest BCUT2D eigenvalue weighted by Gasteiger charge is 2.24. The van der Waals surface area contributed by atoms with Crippen molar-refractivity contribution >= 4 is 34.8 Å². The summed E-state index contributed by atoms with van der Waals surface area (Å²) in [5.74, 6) is 0.508. The second-order valence-corrected chi connectivity index (χ2v) is 8.87. The van der Waals surface area contributed by atoms with Crippen LogP contribution in [-0.2, 0) is 16.1 Å². The number of aromatic nitrogens is 4. The van der Waals surface area contributed by atoms with Crippen LogP contribution in [0.3, 0.4) is 0 Å². The normalized spacial score (nSPS) is 14.7. The number of halogens is 2. The molecule has 11 heteroatoms. The molecule has 4 heterocycles. The number of methoxy groups -OCH3 is 1. The van der Waals surface area contributed by atoms with E-state index < -0.39 is 0 Å². The van der Waals surface area contributed by atoms with Crippen molar-refractivity contribution in [1.82, 2.24) is 29.3 Å². The fourth-order valence-electron chi connectivity index (χ4n) is 4.15. The molecular weight excluding hydrogens is 479 g/mol. The number of carbonyl (C=O) groups excluding carboxylic acids is 1. The van der Waals surface area contributed by atoms with Crippen molar-refractivity contribution in [2.75, 3.05) is 39.9 Å². The van der Waals surface area contributed by atoms with Gasteiger partial charge in [-0.2, -0.15) is 4.98 Å². The summed E-state index contributed by atoms with van der Waals surface area (Å²) in [7, 11) is 1.53. The van der Waals surface area contributed by atoms with E-state index in [0.717, 1.165) is 41.3 Å². The van der Waals surface area contributed by atoms with Crippen LogP contribution in [0, 0.1) is 0 Å². The van der Waals surface area contributed by atoms with E-state index in [2.05, 4.69) is 15.0 Å². The predicted octanol–water partition coefficient (Wildman–Crippen LogP) is 3.65. The molecule has 176 valence electrons. The van der Waals surface area contributed by atoms with Crippen LogP contribution in [0.2, 0.25) is 10.0 Å². The van der Waals surface area contributed by atoms with Crippen LogP contribution in [0.4, 0.5) is 0 Å². The number of imidazole rings is 1. The fourth-order valence-corrected chi connectivity index (χ4v) is 4.65. The van der Waals surface area contributed by atoms with Crippen molar-refractivity contribution in [2.45, 2.75) is 6.54 Å². The van der Waals surface area contributed by atoms with Crippen LogP contribution in [0.15, 0.2) is 47.4 Å². The van der Waals surface area contributed by atoms with Gasteiger partial charge in [-0.25, -0.2) is 4.98 Å². The molecule has 1 aliphatic rings. The van der Waals surface area contributed by atoms with Gasteiger partial charge in [-0.05, 0) is 30.3 Å². The number of ether oxygens (including phenoxy) is 1. The lowest BCUT2D eigenvalue weighted by Gasteiger charge is -2.34. The van der Waals surface area contributed by atoms with E-state index in [4.69, 9.17) is 37.4 Å². The van der Waals surface area contributed by atoms with Gasteiger partial charge in [-0.3, -0.25) is 9.69 Å². The third kappa shape index (κ3) is 4.52. The number of fused-ring (bicyclic) bond motifs is 1. The fraction of sp³-hybridized carbons (Fsp3) is 0.304. The van der Waals surface area contributed by atoms with Gasteiger partial charge in [0.15, 0.2) is 0 Å². The number of benzene rings is 1. The molecule has 1 saturated heterocycles. The maximum atomic E-state index is 12.2. The van der Waals surface area contributed by atoms with Gasteiger partial charge in [0.25, 0.3) is 0 Å². The van der Waals surface area contributed by atoms with Crippen molar-refractivity contribution in [1.29, 1.82) is 0 Å². The summed E-state index contributed by atoms with van der Waals surface area (Å²) in [6, 6.07) is 9.24. The number of amides is 1. The Balaban J connectivity index is 1.51. The standard InChI is InChI=1S/C23H22Cl2N6O3/c1-33-13-21(32)30-8-6-29(7-9-30)12-19-22(17-4-3-16(24)10-18(17)25)27-20-5-2-15(11-31(19)20)23-26-14-34-28-23/h2-5,10-11,14H,6-9,12-13H2,1H3. The summed E-state index contributed by atoms with van der Waals surface area (Å²) >= 11 is 12.7. The molecule has 5 rings (SSSR count). The zero-order valence-corrected chi connectivity index (χ0v) is 20.0. The molecule has 0 radical (unpaired) electrons. The van der Waals surface area contributed by atoms with Crippen LogP contribution in [-0.4, -0.2) is 75.1 Å². The average molecular weight is 501 g/mol. The minimum atomic E-state index is 0.00958. The number of carbonyl (C=O) groups is 1. The van der Waals surface area contributed by atoms with E-state index in [9.17, 15) is 4.79 Å². The van der Waals surface area contributed by atoms with Gasteiger partial charge in [-0.1, -0.05) is 28.4 Å². The quantitative estimate of drug-likeness (QED) is 0.399. The molecule has 0 atom stereocenters. The molecule has 0 N–H and O–H groups in total. The highest BCUT2D eigenvalue weighted by atomic mass is 35.5. The van der Waals surface area contributed by atoms with Gasteiger partial charge in [0.05, 0.1) is 16.4 Å². The summed E-state index contributed by atoms with van der Waals surface area (Å²) in [4.78, 5) is 25.4. The molecule has 34 heavy (non-hydrogen) atoms.